The van der Waals surface area contributed by atoms with Crippen molar-refractivity contribution in [2.45, 2.75) is 13.8 Å². The summed E-state index contributed by atoms with van der Waals surface area (Å²) >= 11 is 0. The Morgan fingerprint density at radius 2 is 1.68 bits per heavy atom. The normalized spacial score (nSPS) is 13.4. The van der Waals surface area contributed by atoms with Gasteiger partial charge in [-0.15, -0.1) is 0 Å². The van der Waals surface area contributed by atoms with Crippen LogP contribution in [0.2, 0.25) is 0 Å². The predicted molar refractivity (Wildman–Crippen MR) is 88.1 cm³/mol. The Morgan fingerprint density at radius 1 is 1.00 bits per heavy atom. The number of nitrogens with one attached hydrogen (secondary N) is 3. The van der Waals surface area contributed by atoms with Crippen molar-refractivity contribution < 1.29 is 0 Å². The molecule has 0 amide bonds. The number of hydrogen-bond donors (Lipinski definition) is 3. The highest BCUT2D eigenvalue weighted by molar-refractivity contribution is 5.88. The molecule has 3 aromatic rings. The number of aromatic amines is 3. The molecule has 112 valence electrons. The van der Waals surface area contributed by atoms with E-state index in [1.54, 1.807) is 12.2 Å². The summed E-state index contributed by atoms with van der Waals surface area (Å²) in [5, 5.41) is 1.55. The zero-order valence-corrected chi connectivity index (χ0v) is 12.4. The molecule has 3 rings (SSSR count). The van der Waals surface area contributed by atoms with Crippen LogP contribution in [0.1, 0.15) is 19.4 Å². The smallest absolute Gasteiger partial charge is 0.272 e. The van der Waals surface area contributed by atoms with Gasteiger partial charge in [-0.05, 0) is 18.1 Å². The quantitative estimate of drug-likeness (QED) is 0.654. The van der Waals surface area contributed by atoms with Crippen molar-refractivity contribution in [3.63, 3.8) is 0 Å². The Kier molecular flexibility index (Phi) is 3.55. The average molecular weight is 295 g/mol. The molecule has 2 aromatic heterocycles. The fraction of sp³-hybridized carbons (Fsp3) is 0.176. The van der Waals surface area contributed by atoms with Crippen LogP contribution in [-0.2, 0) is 0 Å². The van der Waals surface area contributed by atoms with Crippen molar-refractivity contribution in [2.75, 3.05) is 0 Å². The molecule has 0 aliphatic rings. The highest BCUT2D eigenvalue weighted by Crippen LogP contribution is 2.17. The van der Waals surface area contributed by atoms with Gasteiger partial charge in [0.15, 0.2) is 0 Å². The number of rotatable bonds is 2. The summed E-state index contributed by atoms with van der Waals surface area (Å²) in [6, 6.07) is 7.79. The summed E-state index contributed by atoms with van der Waals surface area (Å²) in [7, 11) is 0. The zero-order chi connectivity index (χ0) is 15.7. The van der Waals surface area contributed by atoms with Gasteiger partial charge in [0, 0.05) is 22.7 Å². The monoisotopic (exact) mass is 295 g/mol. The van der Waals surface area contributed by atoms with Crippen molar-refractivity contribution >= 4 is 23.1 Å². The number of para-hydroxylation sites is 1. The molecule has 0 saturated heterocycles. The molecule has 1 aromatic carbocycles. The first kappa shape index (κ1) is 14.1. The number of fused-ring (bicyclic) bond motifs is 1. The van der Waals surface area contributed by atoms with E-state index in [0.717, 1.165) is 16.5 Å². The van der Waals surface area contributed by atoms with Crippen LogP contribution in [0.4, 0.5) is 0 Å². The number of benzene rings is 1. The summed E-state index contributed by atoms with van der Waals surface area (Å²) in [6.07, 6.45) is 5.23. The lowest BCUT2D eigenvalue weighted by Crippen LogP contribution is -2.47. The first-order valence-electron chi connectivity index (χ1n) is 7.17. The fourth-order valence-corrected chi connectivity index (χ4v) is 2.41. The van der Waals surface area contributed by atoms with Crippen LogP contribution in [0.3, 0.4) is 0 Å². The molecule has 0 bridgehead atoms. The lowest BCUT2D eigenvalue weighted by molar-refractivity contribution is 0.866. The highest BCUT2D eigenvalue weighted by atomic mass is 16.1. The molecular weight excluding hydrogens is 278 g/mol. The van der Waals surface area contributed by atoms with Crippen molar-refractivity contribution in [1.29, 1.82) is 0 Å². The maximum absolute atomic E-state index is 12.1. The van der Waals surface area contributed by atoms with Crippen LogP contribution in [0.5, 0.6) is 0 Å². The molecule has 5 heteroatoms. The first-order valence-corrected chi connectivity index (χ1v) is 7.17. The van der Waals surface area contributed by atoms with E-state index in [1.807, 2.05) is 44.3 Å². The Hall–Kier alpha value is -2.82. The van der Waals surface area contributed by atoms with Gasteiger partial charge in [0.2, 0.25) is 0 Å². The molecule has 0 spiro atoms. The van der Waals surface area contributed by atoms with E-state index in [0.29, 0.717) is 5.35 Å². The molecule has 0 saturated carbocycles. The van der Waals surface area contributed by atoms with Gasteiger partial charge in [0.25, 0.3) is 11.1 Å². The summed E-state index contributed by atoms with van der Waals surface area (Å²) in [5.74, 6) is 0.181. The van der Waals surface area contributed by atoms with Gasteiger partial charge in [0.1, 0.15) is 10.7 Å². The maximum Gasteiger partial charge on any atom is 0.272 e. The fourth-order valence-electron chi connectivity index (χ4n) is 2.41. The summed E-state index contributed by atoms with van der Waals surface area (Å²) < 4.78 is 0. The van der Waals surface area contributed by atoms with Crippen molar-refractivity contribution in [2.24, 2.45) is 5.92 Å². The molecule has 0 aliphatic heterocycles. The van der Waals surface area contributed by atoms with Crippen LogP contribution in [0.25, 0.3) is 23.1 Å². The second kappa shape index (κ2) is 5.52. The van der Waals surface area contributed by atoms with Crippen LogP contribution in [-0.4, -0.2) is 15.0 Å². The van der Waals surface area contributed by atoms with Crippen LogP contribution in [0, 0.1) is 5.92 Å². The molecule has 0 atom stereocenters. The van der Waals surface area contributed by atoms with Gasteiger partial charge >= 0.3 is 0 Å². The van der Waals surface area contributed by atoms with E-state index in [1.165, 1.54) is 0 Å². The van der Waals surface area contributed by atoms with Crippen LogP contribution in [0.15, 0.2) is 40.1 Å². The Labute approximate surface area is 126 Å². The van der Waals surface area contributed by atoms with E-state index < -0.39 is 0 Å². The van der Waals surface area contributed by atoms with E-state index in [-0.39, 0.29) is 22.4 Å². The van der Waals surface area contributed by atoms with Gasteiger partial charge in [-0.2, -0.15) is 0 Å². The highest BCUT2D eigenvalue weighted by Gasteiger charge is 2.01. The lowest BCUT2D eigenvalue weighted by Gasteiger charge is -1.94. The third-order valence-electron chi connectivity index (χ3n) is 3.41. The Bertz CT molecular complexity index is 1050. The second-order valence-corrected chi connectivity index (χ2v) is 5.58. The van der Waals surface area contributed by atoms with Crippen molar-refractivity contribution in [1.82, 2.24) is 15.0 Å². The van der Waals surface area contributed by atoms with E-state index in [2.05, 4.69) is 15.0 Å². The molecule has 0 unspecified atom stereocenters. The second-order valence-electron chi connectivity index (χ2n) is 5.58. The van der Waals surface area contributed by atoms with Gasteiger partial charge < -0.3 is 15.0 Å². The van der Waals surface area contributed by atoms with Gasteiger partial charge in [-0.1, -0.05) is 38.1 Å². The topological polar surface area (TPSA) is 81.5 Å². The molecule has 2 heterocycles. The minimum atomic E-state index is -0.309. The van der Waals surface area contributed by atoms with Gasteiger partial charge in [-0.3, -0.25) is 9.59 Å². The number of hydrogen-bond acceptors (Lipinski definition) is 2. The molecule has 0 aliphatic carbocycles. The van der Waals surface area contributed by atoms with Gasteiger partial charge in [0.05, 0.1) is 0 Å². The molecule has 3 N–H and O–H groups in total. The zero-order valence-electron chi connectivity index (χ0n) is 12.4. The molecule has 22 heavy (non-hydrogen) atoms. The minimum absolute atomic E-state index is 0.181. The standard InChI is InChI=1S/C17H17N3O2/c1-10(2)7-14-16(21)20-15(17(22)19-14)8-11-9-18-13-6-4-3-5-12(11)13/h3-10,18H,1-2H3,(H,19,22)(H,20,21). The number of aromatic nitrogens is 3. The lowest BCUT2D eigenvalue weighted by atomic mass is 10.1. The summed E-state index contributed by atoms with van der Waals surface area (Å²) in [5.41, 5.74) is 1.24. The summed E-state index contributed by atoms with van der Waals surface area (Å²) in [4.78, 5) is 32.6. The third kappa shape index (κ3) is 2.65. The average Bonchev–Trinajstić information content (AvgIpc) is 2.87. The third-order valence-corrected chi connectivity index (χ3v) is 3.41. The van der Waals surface area contributed by atoms with E-state index >= 15 is 0 Å². The molecular formula is C17H17N3O2. The SMILES string of the molecule is CC(C)C=c1[nH]c(=O)c(=Cc2c[nH]c3ccccc23)[nH]c1=O. The minimum Gasteiger partial charge on any atom is -0.361 e. The van der Waals surface area contributed by atoms with Crippen LogP contribution < -0.4 is 21.8 Å². The molecule has 5 nitrogen and oxygen atoms in total. The summed E-state index contributed by atoms with van der Waals surface area (Å²) in [6.45, 7) is 3.90. The molecule has 0 fully saturated rings. The Morgan fingerprint density at radius 3 is 2.45 bits per heavy atom. The predicted octanol–water partition coefficient (Wildman–Crippen LogP) is 0.810. The van der Waals surface area contributed by atoms with Crippen molar-refractivity contribution in [3.8, 4) is 0 Å². The van der Waals surface area contributed by atoms with E-state index in [4.69, 9.17) is 0 Å². The molecule has 0 radical (unpaired) electrons. The van der Waals surface area contributed by atoms with Crippen LogP contribution >= 0.6 is 0 Å². The van der Waals surface area contributed by atoms with Crippen molar-refractivity contribution in [3.05, 3.63) is 67.4 Å². The van der Waals surface area contributed by atoms with E-state index in [9.17, 15) is 9.59 Å². The first-order chi connectivity index (χ1) is 10.5. The largest absolute Gasteiger partial charge is 0.361 e. The Balaban J connectivity index is 2.23. The van der Waals surface area contributed by atoms with Gasteiger partial charge in [-0.25, -0.2) is 0 Å². The number of H-pyrrole nitrogens is 3. The maximum atomic E-state index is 12.1.